The molecule has 76 valence electrons. The molecular formula is C12H22O. The van der Waals surface area contributed by atoms with Gasteiger partial charge in [0.1, 0.15) is 5.78 Å². The van der Waals surface area contributed by atoms with Gasteiger partial charge in [0, 0.05) is 11.8 Å². The van der Waals surface area contributed by atoms with Crippen molar-refractivity contribution in [3.63, 3.8) is 0 Å². The van der Waals surface area contributed by atoms with Gasteiger partial charge < -0.3 is 0 Å². The average Bonchev–Trinajstić information content (AvgIpc) is 2.24. The second-order valence-corrected chi connectivity index (χ2v) is 5.15. The highest BCUT2D eigenvalue weighted by Crippen LogP contribution is 2.49. The van der Waals surface area contributed by atoms with E-state index in [4.69, 9.17) is 0 Å². The van der Waals surface area contributed by atoms with E-state index in [9.17, 15) is 4.79 Å². The molecule has 0 N–H and O–H groups in total. The van der Waals surface area contributed by atoms with Gasteiger partial charge in [0.15, 0.2) is 0 Å². The van der Waals surface area contributed by atoms with E-state index in [1.54, 1.807) is 0 Å². The first kappa shape index (κ1) is 10.7. The molecule has 0 heterocycles. The van der Waals surface area contributed by atoms with Gasteiger partial charge in [-0.15, -0.1) is 0 Å². The van der Waals surface area contributed by atoms with Crippen molar-refractivity contribution in [1.82, 2.24) is 0 Å². The third kappa shape index (κ3) is 1.53. The Morgan fingerprint density at radius 1 is 1.54 bits per heavy atom. The van der Waals surface area contributed by atoms with E-state index in [2.05, 4.69) is 34.6 Å². The molecule has 1 nitrogen and oxygen atoms in total. The second-order valence-electron chi connectivity index (χ2n) is 5.15. The Bertz CT molecular complexity index is 207. The number of hydrogen-bond acceptors (Lipinski definition) is 1. The maximum atomic E-state index is 11.9. The smallest absolute Gasteiger partial charge is 0.139 e. The lowest BCUT2D eigenvalue weighted by Crippen LogP contribution is -2.32. The fourth-order valence-electron chi connectivity index (χ4n) is 3.29. The van der Waals surface area contributed by atoms with Gasteiger partial charge in [-0.25, -0.2) is 0 Å². The summed E-state index contributed by atoms with van der Waals surface area (Å²) in [7, 11) is 0. The summed E-state index contributed by atoms with van der Waals surface area (Å²) in [5.41, 5.74) is -0.0341. The Kier molecular flexibility index (Phi) is 2.84. The first-order valence-corrected chi connectivity index (χ1v) is 5.46. The first-order chi connectivity index (χ1) is 5.93. The van der Waals surface area contributed by atoms with Crippen molar-refractivity contribution in [2.24, 2.45) is 23.2 Å². The van der Waals surface area contributed by atoms with Gasteiger partial charge in [-0.1, -0.05) is 34.6 Å². The highest BCUT2D eigenvalue weighted by Gasteiger charge is 2.49. The molecule has 0 aromatic carbocycles. The van der Waals surface area contributed by atoms with Crippen LogP contribution in [0.1, 0.15) is 47.5 Å². The molecular weight excluding hydrogens is 160 g/mol. The van der Waals surface area contributed by atoms with Gasteiger partial charge in [-0.05, 0) is 24.2 Å². The summed E-state index contributed by atoms with van der Waals surface area (Å²) in [4.78, 5) is 11.9. The van der Waals surface area contributed by atoms with Gasteiger partial charge in [0.25, 0.3) is 0 Å². The van der Waals surface area contributed by atoms with Crippen molar-refractivity contribution in [1.29, 1.82) is 0 Å². The summed E-state index contributed by atoms with van der Waals surface area (Å²) in [5.74, 6) is 2.29. The molecule has 1 rings (SSSR count). The van der Waals surface area contributed by atoms with Crippen LogP contribution in [0.4, 0.5) is 0 Å². The van der Waals surface area contributed by atoms with Crippen molar-refractivity contribution in [3.8, 4) is 0 Å². The van der Waals surface area contributed by atoms with E-state index in [-0.39, 0.29) is 5.41 Å². The summed E-state index contributed by atoms with van der Waals surface area (Å²) in [5, 5.41) is 0. The molecule has 1 fully saturated rings. The highest BCUT2D eigenvalue weighted by atomic mass is 16.1. The minimum Gasteiger partial charge on any atom is -0.299 e. The fourth-order valence-corrected chi connectivity index (χ4v) is 3.29. The monoisotopic (exact) mass is 182 g/mol. The molecule has 0 spiro atoms. The largest absolute Gasteiger partial charge is 0.299 e. The predicted molar refractivity (Wildman–Crippen MR) is 55.5 cm³/mol. The summed E-state index contributed by atoms with van der Waals surface area (Å²) >= 11 is 0. The van der Waals surface area contributed by atoms with Gasteiger partial charge in [-0.3, -0.25) is 4.79 Å². The standard InChI is InChI=1S/C12H22O/c1-6-12(5)10(13)7-9(4)11(12)8(2)3/h8-9,11H,6-7H2,1-5H3/t9?,11-,12?/m0/s1. The molecule has 1 heteroatoms. The Morgan fingerprint density at radius 3 is 2.38 bits per heavy atom. The van der Waals surface area contributed by atoms with Crippen LogP contribution >= 0.6 is 0 Å². The molecule has 1 aliphatic carbocycles. The molecule has 0 aromatic heterocycles. The normalized spacial score (nSPS) is 40.3. The zero-order valence-electron chi connectivity index (χ0n) is 9.55. The zero-order chi connectivity index (χ0) is 10.2. The average molecular weight is 182 g/mol. The Labute approximate surface area is 81.9 Å². The van der Waals surface area contributed by atoms with Crippen molar-refractivity contribution in [2.75, 3.05) is 0 Å². The van der Waals surface area contributed by atoms with Gasteiger partial charge >= 0.3 is 0 Å². The number of carbonyl (C=O) groups is 1. The molecule has 0 aliphatic heterocycles. The first-order valence-electron chi connectivity index (χ1n) is 5.46. The molecule has 0 saturated heterocycles. The minimum atomic E-state index is -0.0341. The molecule has 2 unspecified atom stereocenters. The van der Waals surface area contributed by atoms with Gasteiger partial charge in [0.05, 0.1) is 0 Å². The summed E-state index contributed by atoms with van der Waals surface area (Å²) < 4.78 is 0. The van der Waals surface area contributed by atoms with Gasteiger partial charge in [0.2, 0.25) is 0 Å². The van der Waals surface area contributed by atoms with E-state index in [0.717, 1.165) is 12.8 Å². The molecule has 3 atom stereocenters. The number of ketones is 1. The molecule has 0 bridgehead atoms. The lowest BCUT2D eigenvalue weighted by Gasteiger charge is -2.33. The maximum absolute atomic E-state index is 11.9. The Morgan fingerprint density at radius 2 is 2.08 bits per heavy atom. The van der Waals surface area contributed by atoms with Crippen LogP contribution in [0, 0.1) is 23.2 Å². The van der Waals surface area contributed by atoms with Crippen LogP contribution in [0.15, 0.2) is 0 Å². The summed E-state index contributed by atoms with van der Waals surface area (Å²) in [6, 6.07) is 0. The quantitative estimate of drug-likeness (QED) is 0.640. The van der Waals surface area contributed by atoms with Crippen LogP contribution < -0.4 is 0 Å². The Balaban J connectivity index is 2.96. The van der Waals surface area contributed by atoms with Crippen LogP contribution in [-0.4, -0.2) is 5.78 Å². The number of hydrogen-bond donors (Lipinski definition) is 0. The van der Waals surface area contributed by atoms with Crippen LogP contribution in [0.25, 0.3) is 0 Å². The molecule has 0 aromatic rings. The van der Waals surface area contributed by atoms with Crippen LogP contribution in [0.2, 0.25) is 0 Å². The van der Waals surface area contributed by atoms with E-state index >= 15 is 0 Å². The summed E-state index contributed by atoms with van der Waals surface area (Å²) in [6.45, 7) is 11.0. The second kappa shape index (κ2) is 3.43. The third-order valence-electron chi connectivity index (χ3n) is 3.95. The topological polar surface area (TPSA) is 17.1 Å². The fraction of sp³-hybridized carbons (Fsp3) is 0.917. The zero-order valence-corrected chi connectivity index (χ0v) is 9.55. The van der Waals surface area contributed by atoms with Crippen molar-refractivity contribution >= 4 is 5.78 Å². The van der Waals surface area contributed by atoms with Crippen molar-refractivity contribution in [2.45, 2.75) is 47.5 Å². The third-order valence-corrected chi connectivity index (χ3v) is 3.95. The highest BCUT2D eigenvalue weighted by molar-refractivity contribution is 5.87. The molecule has 0 amide bonds. The Hall–Kier alpha value is -0.330. The van der Waals surface area contributed by atoms with Crippen molar-refractivity contribution < 1.29 is 4.79 Å². The lowest BCUT2D eigenvalue weighted by molar-refractivity contribution is -0.127. The van der Waals surface area contributed by atoms with Crippen LogP contribution in [0.5, 0.6) is 0 Å². The van der Waals surface area contributed by atoms with E-state index < -0.39 is 0 Å². The van der Waals surface area contributed by atoms with E-state index in [1.807, 2.05) is 0 Å². The lowest BCUT2D eigenvalue weighted by atomic mass is 9.69. The minimum absolute atomic E-state index is 0.0341. The maximum Gasteiger partial charge on any atom is 0.139 e. The van der Waals surface area contributed by atoms with E-state index in [1.165, 1.54) is 0 Å². The number of carbonyl (C=O) groups excluding carboxylic acids is 1. The van der Waals surface area contributed by atoms with Crippen molar-refractivity contribution in [3.05, 3.63) is 0 Å². The number of rotatable bonds is 2. The van der Waals surface area contributed by atoms with Crippen LogP contribution in [0.3, 0.4) is 0 Å². The molecule has 13 heavy (non-hydrogen) atoms. The molecule has 0 radical (unpaired) electrons. The molecule has 1 saturated carbocycles. The van der Waals surface area contributed by atoms with E-state index in [0.29, 0.717) is 23.5 Å². The van der Waals surface area contributed by atoms with Gasteiger partial charge in [-0.2, -0.15) is 0 Å². The molecule has 1 aliphatic rings. The summed E-state index contributed by atoms with van der Waals surface area (Å²) in [6.07, 6.45) is 1.80. The van der Waals surface area contributed by atoms with Crippen LogP contribution in [-0.2, 0) is 4.79 Å². The SMILES string of the molecule is CCC1(C)C(=O)CC(C)[C@@H]1C(C)C. The number of Topliss-reactive ketones (excluding diaryl/α,β-unsaturated/α-hetero) is 1. The predicted octanol–water partition coefficient (Wildman–Crippen LogP) is 3.28.